The molecule has 0 heterocycles. The molecule has 1 aliphatic rings. The summed E-state index contributed by atoms with van der Waals surface area (Å²) in [7, 11) is 0. The molecule has 1 aliphatic carbocycles. The van der Waals surface area contributed by atoms with Gasteiger partial charge in [-0.2, -0.15) is 0 Å². The lowest BCUT2D eigenvalue weighted by Crippen LogP contribution is -2.42. The van der Waals surface area contributed by atoms with E-state index in [1.54, 1.807) is 0 Å². The largest absolute Gasteiger partial charge is 0.339 e. The van der Waals surface area contributed by atoms with E-state index >= 15 is 0 Å². The number of nitrogens with zero attached hydrogens (tertiary/aromatic N) is 1. The molecule has 1 rings (SSSR count). The summed E-state index contributed by atoms with van der Waals surface area (Å²) in [6.07, 6.45) is 8.64. The third kappa shape index (κ3) is 4.99. The van der Waals surface area contributed by atoms with Crippen LogP contribution in [0.3, 0.4) is 0 Å². The van der Waals surface area contributed by atoms with E-state index in [0.717, 1.165) is 24.7 Å². The molecule has 0 unspecified atom stereocenters. The van der Waals surface area contributed by atoms with Gasteiger partial charge < -0.3 is 4.90 Å². The lowest BCUT2D eigenvalue weighted by molar-refractivity contribution is -0.137. The van der Waals surface area contributed by atoms with Crippen molar-refractivity contribution in [2.24, 2.45) is 5.92 Å². The molecule has 100 valence electrons. The molecule has 0 bridgehead atoms. The fourth-order valence-corrected chi connectivity index (χ4v) is 3.03. The van der Waals surface area contributed by atoms with Gasteiger partial charge in [0.05, 0.1) is 0 Å². The molecule has 0 aromatic rings. The van der Waals surface area contributed by atoms with E-state index in [1.165, 1.54) is 32.1 Å². The van der Waals surface area contributed by atoms with Crippen molar-refractivity contribution in [3.63, 3.8) is 0 Å². The molecule has 0 aromatic carbocycles. The number of carbonyl (C=O) groups excluding carboxylic acids is 1. The van der Waals surface area contributed by atoms with Gasteiger partial charge in [-0.05, 0) is 26.7 Å². The van der Waals surface area contributed by atoms with Crippen LogP contribution in [-0.4, -0.2) is 28.7 Å². The Bertz CT molecular complexity index is 222. The second-order valence-corrected chi connectivity index (χ2v) is 6.15. The van der Waals surface area contributed by atoms with Crippen molar-refractivity contribution in [3.8, 4) is 0 Å². The second-order valence-electron chi connectivity index (χ2n) is 5.36. The minimum Gasteiger partial charge on any atom is -0.339 e. The van der Waals surface area contributed by atoms with Gasteiger partial charge in [0.15, 0.2) is 0 Å². The highest BCUT2D eigenvalue weighted by atomic mass is 79.9. The Kier molecular flexibility index (Phi) is 7.17. The highest BCUT2D eigenvalue weighted by molar-refractivity contribution is 9.09. The Morgan fingerprint density at radius 2 is 1.71 bits per heavy atom. The number of alkyl halides is 1. The Morgan fingerprint density at radius 1 is 1.18 bits per heavy atom. The highest BCUT2D eigenvalue weighted by Gasteiger charge is 2.25. The van der Waals surface area contributed by atoms with Crippen molar-refractivity contribution < 1.29 is 4.79 Å². The summed E-state index contributed by atoms with van der Waals surface area (Å²) in [6, 6.07) is 0.325. The van der Waals surface area contributed by atoms with Crippen LogP contribution >= 0.6 is 15.9 Å². The molecule has 17 heavy (non-hydrogen) atoms. The zero-order valence-electron chi connectivity index (χ0n) is 11.3. The van der Waals surface area contributed by atoms with Gasteiger partial charge in [-0.3, -0.25) is 4.79 Å². The highest BCUT2D eigenvalue weighted by Crippen LogP contribution is 2.24. The van der Waals surface area contributed by atoms with Crippen molar-refractivity contribution in [2.75, 3.05) is 11.9 Å². The van der Waals surface area contributed by atoms with E-state index in [9.17, 15) is 4.79 Å². The summed E-state index contributed by atoms with van der Waals surface area (Å²) in [5.41, 5.74) is 0. The summed E-state index contributed by atoms with van der Waals surface area (Å²) in [5, 5.41) is 0.879. The third-order valence-electron chi connectivity index (χ3n) is 3.69. The molecule has 1 saturated carbocycles. The molecule has 1 fully saturated rings. The first-order valence-electron chi connectivity index (χ1n) is 7.03. The fraction of sp³-hybridized carbons (Fsp3) is 0.929. The Balaban J connectivity index is 2.56. The Morgan fingerprint density at radius 3 is 2.18 bits per heavy atom. The number of hydrogen-bond acceptors (Lipinski definition) is 1. The van der Waals surface area contributed by atoms with Gasteiger partial charge in [0.25, 0.3) is 0 Å². The number of rotatable bonds is 4. The van der Waals surface area contributed by atoms with E-state index in [2.05, 4.69) is 29.8 Å². The van der Waals surface area contributed by atoms with E-state index in [-0.39, 0.29) is 5.92 Å². The topological polar surface area (TPSA) is 20.3 Å². The Hall–Kier alpha value is -0.0500. The van der Waals surface area contributed by atoms with Crippen molar-refractivity contribution in [1.29, 1.82) is 0 Å². The normalized spacial score (nSPS) is 18.8. The van der Waals surface area contributed by atoms with Crippen molar-refractivity contribution in [3.05, 3.63) is 0 Å². The first-order valence-corrected chi connectivity index (χ1v) is 8.15. The summed E-state index contributed by atoms with van der Waals surface area (Å²) < 4.78 is 0. The maximum Gasteiger partial charge on any atom is 0.225 e. The molecule has 0 aliphatic heterocycles. The quantitative estimate of drug-likeness (QED) is 0.719. The molecular weight excluding hydrogens is 278 g/mol. The van der Waals surface area contributed by atoms with Crippen LogP contribution in [0.4, 0.5) is 0 Å². The lowest BCUT2D eigenvalue weighted by atomic mass is 9.90. The van der Waals surface area contributed by atoms with Crippen molar-refractivity contribution in [2.45, 2.75) is 64.8 Å². The maximum atomic E-state index is 12.5. The molecule has 0 N–H and O–H groups in total. The Labute approximate surface area is 114 Å². The van der Waals surface area contributed by atoms with Crippen LogP contribution in [0.15, 0.2) is 0 Å². The number of hydrogen-bond donors (Lipinski definition) is 0. The maximum absolute atomic E-state index is 12.5. The smallest absolute Gasteiger partial charge is 0.225 e. The monoisotopic (exact) mass is 303 g/mol. The summed E-state index contributed by atoms with van der Waals surface area (Å²) in [5.74, 6) is 0.679. The van der Waals surface area contributed by atoms with Crippen molar-refractivity contribution >= 4 is 21.8 Å². The van der Waals surface area contributed by atoms with E-state index < -0.39 is 0 Å². The van der Waals surface area contributed by atoms with Crippen LogP contribution < -0.4 is 0 Å². The summed E-state index contributed by atoms with van der Waals surface area (Å²) in [4.78, 5) is 14.5. The van der Waals surface area contributed by atoms with Crippen LogP contribution in [0.25, 0.3) is 0 Å². The molecule has 0 aromatic heterocycles. The minimum atomic E-state index is 0.289. The first-order chi connectivity index (χ1) is 8.16. The number of amides is 1. The van der Waals surface area contributed by atoms with Crippen molar-refractivity contribution in [1.82, 2.24) is 4.90 Å². The summed E-state index contributed by atoms with van der Waals surface area (Å²) >= 11 is 3.44. The lowest BCUT2D eigenvalue weighted by Gasteiger charge is -2.31. The molecule has 0 radical (unpaired) electrons. The predicted molar refractivity (Wildman–Crippen MR) is 76.5 cm³/mol. The average Bonchev–Trinajstić information content (AvgIpc) is 2.24. The van der Waals surface area contributed by atoms with Gasteiger partial charge in [-0.15, -0.1) is 0 Å². The third-order valence-corrected chi connectivity index (χ3v) is 4.04. The molecule has 3 heteroatoms. The van der Waals surface area contributed by atoms with Crippen LogP contribution in [0.5, 0.6) is 0 Å². The SMILES string of the molecule is CC(C)N(CCBr)C(=O)C1CCCCCCC1. The zero-order chi connectivity index (χ0) is 12.7. The van der Waals surface area contributed by atoms with Gasteiger partial charge in [0, 0.05) is 23.8 Å². The molecule has 0 atom stereocenters. The van der Waals surface area contributed by atoms with Crippen LogP contribution in [0.1, 0.15) is 58.8 Å². The van der Waals surface area contributed by atoms with Gasteiger partial charge in [-0.25, -0.2) is 0 Å². The van der Waals surface area contributed by atoms with Gasteiger partial charge in [0.2, 0.25) is 5.91 Å². The van der Waals surface area contributed by atoms with E-state index in [4.69, 9.17) is 0 Å². The molecule has 1 amide bonds. The molecule has 0 spiro atoms. The first kappa shape index (κ1) is 15.0. The van der Waals surface area contributed by atoms with Crippen LogP contribution in [-0.2, 0) is 4.79 Å². The number of halogens is 1. The summed E-state index contributed by atoms with van der Waals surface area (Å²) in [6.45, 7) is 5.07. The van der Waals surface area contributed by atoms with Gasteiger partial charge >= 0.3 is 0 Å². The standard InChI is InChI=1S/C14H26BrNO/c1-12(2)16(11-10-15)14(17)13-8-6-4-3-5-7-9-13/h12-13H,3-11H2,1-2H3. The fourth-order valence-electron chi connectivity index (χ4n) is 2.65. The van der Waals surface area contributed by atoms with Gasteiger partial charge in [0.1, 0.15) is 0 Å². The molecule has 0 saturated heterocycles. The van der Waals surface area contributed by atoms with Crippen LogP contribution in [0.2, 0.25) is 0 Å². The second kappa shape index (κ2) is 8.12. The van der Waals surface area contributed by atoms with Gasteiger partial charge in [-0.1, -0.05) is 48.0 Å². The zero-order valence-corrected chi connectivity index (χ0v) is 12.8. The number of carbonyl (C=O) groups is 1. The minimum absolute atomic E-state index is 0.289. The molecule has 2 nitrogen and oxygen atoms in total. The van der Waals surface area contributed by atoms with E-state index in [0.29, 0.717) is 11.9 Å². The molecular formula is C14H26BrNO. The van der Waals surface area contributed by atoms with Crippen LogP contribution in [0, 0.1) is 5.92 Å². The predicted octanol–water partition coefficient (Wildman–Crippen LogP) is 3.98. The average molecular weight is 304 g/mol. The van der Waals surface area contributed by atoms with E-state index in [1.807, 2.05) is 4.90 Å².